The third-order valence-electron chi connectivity index (χ3n) is 5.87. The van der Waals surface area contributed by atoms with E-state index in [4.69, 9.17) is 9.47 Å². The van der Waals surface area contributed by atoms with Crippen molar-refractivity contribution in [3.63, 3.8) is 0 Å². The first-order valence-electron chi connectivity index (χ1n) is 10.9. The van der Waals surface area contributed by atoms with E-state index in [0.29, 0.717) is 22.8 Å². The Morgan fingerprint density at radius 3 is 2.62 bits per heavy atom. The van der Waals surface area contributed by atoms with Crippen LogP contribution in [0.5, 0.6) is 11.5 Å². The molecule has 0 spiro atoms. The van der Waals surface area contributed by atoms with Crippen LogP contribution >= 0.6 is 0 Å². The first-order valence-corrected chi connectivity index (χ1v) is 10.9. The highest BCUT2D eigenvalue weighted by Gasteiger charge is 2.29. The monoisotopic (exact) mass is 464 g/mol. The van der Waals surface area contributed by atoms with E-state index in [0.717, 1.165) is 29.7 Å². The van der Waals surface area contributed by atoms with Crippen LogP contribution in [-0.4, -0.2) is 39.1 Å². The van der Waals surface area contributed by atoms with Crippen LogP contribution in [0.1, 0.15) is 35.3 Å². The number of hydrogen-bond donors (Lipinski definition) is 0. The van der Waals surface area contributed by atoms with Gasteiger partial charge in [0.1, 0.15) is 22.7 Å². The van der Waals surface area contributed by atoms with Crippen LogP contribution in [0.2, 0.25) is 0 Å². The van der Waals surface area contributed by atoms with E-state index < -0.39 is 6.61 Å². The van der Waals surface area contributed by atoms with Crippen molar-refractivity contribution in [2.75, 3.05) is 7.11 Å². The number of aromatic nitrogens is 4. The average Bonchev–Trinajstić information content (AvgIpc) is 3.52. The molecule has 1 aliphatic rings. The maximum Gasteiger partial charge on any atom is 0.387 e. The number of aryl methyl sites for hydroxylation is 1. The number of alkyl halides is 2. The predicted octanol–water partition coefficient (Wildman–Crippen LogP) is 5.36. The number of methoxy groups -OCH3 is 1. The van der Waals surface area contributed by atoms with Crippen LogP contribution in [0.3, 0.4) is 0 Å². The van der Waals surface area contributed by atoms with Gasteiger partial charge in [0.25, 0.3) is 0 Å². The molecule has 9 heteroatoms. The molecule has 0 N–H and O–H groups in total. The second kappa shape index (κ2) is 8.81. The van der Waals surface area contributed by atoms with Gasteiger partial charge in [-0.1, -0.05) is 0 Å². The number of carbonyl (C=O) groups is 1. The number of hydrogen-bond acceptors (Lipinski definition) is 6. The standard InChI is InChI=1S/C25H22F2N4O3/c1-14-7-18(12-29-30-14)16-5-6-31-19(13-28-23(31)11-16)17-9-21(33-2)24(20(32)8-15-3-4-15)22(10-17)34-25(26)27/h5-7,9-13,15,25H,3-4,8H2,1-2H3. The Bertz CT molecular complexity index is 1380. The third kappa shape index (κ3) is 4.33. The van der Waals surface area contributed by atoms with Crippen LogP contribution in [0, 0.1) is 12.8 Å². The zero-order chi connectivity index (χ0) is 23.8. The van der Waals surface area contributed by atoms with E-state index in [1.807, 2.05) is 35.7 Å². The Balaban J connectivity index is 1.58. The maximum absolute atomic E-state index is 13.2. The van der Waals surface area contributed by atoms with Crippen LogP contribution < -0.4 is 9.47 Å². The Labute approximate surface area is 194 Å². The molecule has 1 saturated carbocycles. The average molecular weight is 464 g/mol. The molecule has 1 fully saturated rings. The van der Waals surface area contributed by atoms with Crippen LogP contribution in [0.15, 0.2) is 48.9 Å². The van der Waals surface area contributed by atoms with Crippen molar-refractivity contribution in [3.05, 3.63) is 60.2 Å². The van der Waals surface area contributed by atoms with Gasteiger partial charge < -0.3 is 9.47 Å². The molecule has 3 aromatic heterocycles. The number of ether oxygens (including phenoxy) is 2. The molecule has 4 aromatic rings. The molecular weight excluding hydrogens is 442 g/mol. The summed E-state index contributed by atoms with van der Waals surface area (Å²) >= 11 is 0. The van der Waals surface area contributed by atoms with Gasteiger partial charge in [-0.15, -0.1) is 0 Å². The Morgan fingerprint density at radius 2 is 1.91 bits per heavy atom. The highest BCUT2D eigenvalue weighted by molar-refractivity contribution is 6.02. The van der Waals surface area contributed by atoms with E-state index in [9.17, 15) is 13.6 Å². The first kappa shape index (κ1) is 21.9. The van der Waals surface area contributed by atoms with E-state index in [2.05, 4.69) is 15.2 Å². The molecule has 0 amide bonds. The molecule has 0 aliphatic heterocycles. The first-order chi connectivity index (χ1) is 16.4. The van der Waals surface area contributed by atoms with Gasteiger partial charge in [0.2, 0.25) is 0 Å². The van der Waals surface area contributed by atoms with Gasteiger partial charge >= 0.3 is 6.61 Å². The lowest BCUT2D eigenvalue weighted by Gasteiger charge is -2.16. The van der Waals surface area contributed by atoms with Gasteiger partial charge in [-0.25, -0.2) is 4.98 Å². The van der Waals surface area contributed by atoms with Crippen molar-refractivity contribution in [3.8, 4) is 33.9 Å². The molecule has 0 saturated heterocycles. The topological polar surface area (TPSA) is 78.6 Å². The Hall–Kier alpha value is -3.88. The minimum atomic E-state index is -3.07. The van der Waals surface area contributed by atoms with Gasteiger partial charge in [-0.3, -0.25) is 9.20 Å². The summed E-state index contributed by atoms with van der Waals surface area (Å²) in [6, 6.07) is 8.85. The second-order valence-electron chi connectivity index (χ2n) is 8.37. The normalized spacial score (nSPS) is 13.4. The quantitative estimate of drug-likeness (QED) is 0.327. The molecule has 1 aliphatic carbocycles. The largest absolute Gasteiger partial charge is 0.496 e. The van der Waals surface area contributed by atoms with E-state index >= 15 is 0 Å². The summed E-state index contributed by atoms with van der Waals surface area (Å²) in [5.41, 5.74) is 4.52. The van der Waals surface area contributed by atoms with Crippen molar-refractivity contribution in [1.82, 2.24) is 19.6 Å². The third-order valence-corrected chi connectivity index (χ3v) is 5.87. The molecule has 34 heavy (non-hydrogen) atoms. The van der Waals surface area contributed by atoms with Crippen LogP contribution in [0.4, 0.5) is 8.78 Å². The number of fused-ring (bicyclic) bond motifs is 1. The number of ketones is 1. The summed E-state index contributed by atoms with van der Waals surface area (Å²) in [5.74, 6) is 0.0397. The van der Waals surface area contributed by atoms with E-state index in [-0.39, 0.29) is 29.3 Å². The van der Waals surface area contributed by atoms with Gasteiger partial charge in [-0.05, 0) is 61.6 Å². The molecule has 5 rings (SSSR count). The highest BCUT2D eigenvalue weighted by atomic mass is 19.3. The fraction of sp³-hybridized carbons (Fsp3) is 0.280. The molecule has 0 bridgehead atoms. The molecule has 0 atom stereocenters. The van der Waals surface area contributed by atoms with Crippen LogP contribution in [-0.2, 0) is 0 Å². The number of carbonyl (C=O) groups excluding carboxylic acids is 1. The predicted molar refractivity (Wildman–Crippen MR) is 121 cm³/mol. The molecule has 3 heterocycles. The minimum Gasteiger partial charge on any atom is -0.496 e. The number of Topliss-reactive ketones (excluding diaryl/α,β-unsaturated/α-hetero) is 1. The van der Waals surface area contributed by atoms with Gasteiger partial charge in [0.15, 0.2) is 5.78 Å². The van der Waals surface area contributed by atoms with E-state index in [1.165, 1.54) is 13.2 Å². The summed E-state index contributed by atoms with van der Waals surface area (Å²) < 4.78 is 38.5. The lowest BCUT2D eigenvalue weighted by molar-refractivity contribution is -0.0502. The summed E-state index contributed by atoms with van der Waals surface area (Å²) in [7, 11) is 1.41. The molecule has 7 nitrogen and oxygen atoms in total. The number of halogens is 2. The number of pyridine rings is 1. The van der Waals surface area contributed by atoms with Gasteiger partial charge in [-0.2, -0.15) is 19.0 Å². The van der Waals surface area contributed by atoms with Crippen LogP contribution in [0.25, 0.3) is 28.0 Å². The summed E-state index contributed by atoms with van der Waals surface area (Å²) in [5, 5.41) is 7.98. The number of rotatable bonds is 8. The maximum atomic E-state index is 13.2. The smallest absolute Gasteiger partial charge is 0.387 e. The summed E-state index contributed by atoms with van der Waals surface area (Å²) in [6.07, 6.45) is 7.39. The van der Waals surface area contributed by atoms with Crippen molar-refractivity contribution in [2.45, 2.75) is 32.8 Å². The second-order valence-corrected chi connectivity index (χ2v) is 8.37. The molecule has 0 unspecified atom stereocenters. The fourth-order valence-corrected chi connectivity index (χ4v) is 4.05. The fourth-order valence-electron chi connectivity index (χ4n) is 4.05. The van der Waals surface area contributed by atoms with E-state index in [1.54, 1.807) is 18.5 Å². The Kier molecular flexibility index (Phi) is 5.69. The van der Waals surface area contributed by atoms with Crippen molar-refractivity contribution < 1.29 is 23.0 Å². The summed E-state index contributed by atoms with van der Waals surface area (Å²) in [6.45, 7) is -1.21. The molecular formula is C25H22F2N4O3. The number of imidazole rings is 1. The molecule has 0 radical (unpaired) electrons. The highest BCUT2D eigenvalue weighted by Crippen LogP contribution is 2.40. The Morgan fingerprint density at radius 1 is 1.12 bits per heavy atom. The lowest BCUT2D eigenvalue weighted by atomic mass is 10.00. The van der Waals surface area contributed by atoms with Gasteiger partial charge in [0, 0.05) is 23.7 Å². The molecule has 174 valence electrons. The van der Waals surface area contributed by atoms with Crippen molar-refractivity contribution >= 4 is 11.4 Å². The van der Waals surface area contributed by atoms with Gasteiger partial charge in [0.05, 0.1) is 30.9 Å². The lowest BCUT2D eigenvalue weighted by Crippen LogP contribution is -2.11. The van der Waals surface area contributed by atoms with Crippen molar-refractivity contribution in [2.24, 2.45) is 5.92 Å². The minimum absolute atomic E-state index is 0.0510. The van der Waals surface area contributed by atoms with Crippen molar-refractivity contribution in [1.29, 1.82) is 0 Å². The SMILES string of the molecule is COc1cc(-c2cnc3cc(-c4cnnc(C)c4)ccn23)cc(OC(F)F)c1C(=O)CC1CC1. The number of nitrogens with zero attached hydrogens (tertiary/aromatic N) is 4. The zero-order valence-corrected chi connectivity index (χ0v) is 18.7. The zero-order valence-electron chi connectivity index (χ0n) is 18.7. The molecule has 1 aromatic carbocycles. The number of benzene rings is 1. The summed E-state index contributed by atoms with van der Waals surface area (Å²) in [4.78, 5) is 17.3.